The van der Waals surface area contributed by atoms with Crippen LogP contribution in [0.1, 0.15) is 18.7 Å². The number of amides is 1. The second-order valence-electron chi connectivity index (χ2n) is 5.34. The fourth-order valence-electron chi connectivity index (χ4n) is 2.07. The van der Waals surface area contributed by atoms with E-state index in [4.69, 9.17) is 4.52 Å². The normalized spacial score (nSPS) is 13.5. The molecule has 0 atom stereocenters. The SMILES string of the molecule is Cc1nc(-c2cccc(NC(=O)CNCC3CC3)c2)no1.Cl. The minimum absolute atomic E-state index is 0. The molecular weight excluding hydrogens is 304 g/mol. The van der Waals surface area contributed by atoms with Crippen molar-refractivity contribution in [1.29, 1.82) is 0 Å². The number of carbonyl (C=O) groups is 1. The number of aryl methyl sites for hydroxylation is 1. The van der Waals surface area contributed by atoms with Gasteiger partial charge in [0.05, 0.1) is 6.54 Å². The largest absolute Gasteiger partial charge is 0.339 e. The van der Waals surface area contributed by atoms with Crippen molar-refractivity contribution in [1.82, 2.24) is 15.5 Å². The van der Waals surface area contributed by atoms with E-state index in [0.717, 1.165) is 23.7 Å². The molecule has 1 aliphatic rings. The van der Waals surface area contributed by atoms with Gasteiger partial charge in [0.15, 0.2) is 0 Å². The predicted molar refractivity (Wildman–Crippen MR) is 85.9 cm³/mol. The number of carbonyl (C=O) groups excluding carboxylic acids is 1. The van der Waals surface area contributed by atoms with Gasteiger partial charge in [-0.15, -0.1) is 12.4 Å². The molecule has 0 unspecified atom stereocenters. The van der Waals surface area contributed by atoms with Crippen molar-refractivity contribution < 1.29 is 9.32 Å². The first-order valence-electron chi connectivity index (χ1n) is 7.12. The Kier molecular flexibility index (Phi) is 5.51. The Morgan fingerprint density at radius 1 is 1.41 bits per heavy atom. The Hall–Kier alpha value is -1.92. The second-order valence-corrected chi connectivity index (χ2v) is 5.34. The first-order valence-corrected chi connectivity index (χ1v) is 7.12. The summed E-state index contributed by atoms with van der Waals surface area (Å²) in [5.41, 5.74) is 1.55. The molecule has 2 aromatic rings. The average Bonchev–Trinajstić information content (AvgIpc) is 3.18. The van der Waals surface area contributed by atoms with Gasteiger partial charge in [-0.05, 0) is 37.4 Å². The van der Waals surface area contributed by atoms with Crippen LogP contribution < -0.4 is 10.6 Å². The van der Waals surface area contributed by atoms with Crippen LogP contribution in [0.25, 0.3) is 11.4 Å². The lowest BCUT2D eigenvalue weighted by Gasteiger charge is -2.07. The minimum atomic E-state index is -0.0444. The molecule has 1 amide bonds. The monoisotopic (exact) mass is 322 g/mol. The molecule has 0 saturated heterocycles. The third kappa shape index (κ3) is 4.54. The summed E-state index contributed by atoms with van der Waals surface area (Å²) < 4.78 is 4.96. The van der Waals surface area contributed by atoms with E-state index in [1.807, 2.05) is 24.3 Å². The highest BCUT2D eigenvalue weighted by Gasteiger charge is 2.20. The van der Waals surface area contributed by atoms with Crippen molar-refractivity contribution in [2.45, 2.75) is 19.8 Å². The van der Waals surface area contributed by atoms with Gasteiger partial charge in [-0.1, -0.05) is 17.3 Å². The number of nitrogens with zero attached hydrogens (tertiary/aromatic N) is 2. The summed E-state index contributed by atoms with van der Waals surface area (Å²) in [4.78, 5) is 16.0. The molecule has 2 N–H and O–H groups in total. The molecule has 1 fully saturated rings. The molecule has 3 rings (SSSR count). The van der Waals surface area contributed by atoms with Crippen molar-refractivity contribution in [3.05, 3.63) is 30.2 Å². The van der Waals surface area contributed by atoms with Gasteiger partial charge in [-0.25, -0.2) is 0 Å². The Balaban J connectivity index is 0.00000176. The molecule has 118 valence electrons. The van der Waals surface area contributed by atoms with E-state index >= 15 is 0 Å². The lowest BCUT2D eigenvalue weighted by atomic mass is 10.2. The highest BCUT2D eigenvalue weighted by atomic mass is 35.5. The van der Waals surface area contributed by atoms with Crippen molar-refractivity contribution >= 4 is 24.0 Å². The van der Waals surface area contributed by atoms with Gasteiger partial charge < -0.3 is 15.2 Å². The maximum atomic E-state index is 11.8. The van der Waals surface area contributed by atoms with Crippen LogP contribution in [0, 0.1) is 12.8 Å². The zero-order chi connectivity index (χ0) is 14.7. The van der Waals surface area contributed by atoms with Crippen LogP contribution in [-0.2, 0) is 4.79 Å². The standard InChI is InChI=1S/C15H18N4O2.ClH/c1-10-17-15(19-21-10)12-3-2-4-13(7-12)18-14(20)9-16-8-11-5-6-11;/h2-4,7,11,16H,5-6,8-9H2,1H3,(H,18,20);1H. The molecular formula is C15H19ClN4O2. The number of hydrogen-bond donors (Lipinski definition) is 2. The van der Waals surface area contributed by atoms with E-state index < -0.39 is 0 Å². The third-order valence-corrected chi connectivity index (χ3v) is 3.35. The molecule has 22 heavy (non-hydrogen) atoms. The van der Waals surface area contributed by atoms with Gasteiger partial charge in [0.1, 0.15) is 0 Å². The van der Waals surface area contributed by atoms with E-state index in [1.54, 1.807) is 6.92 Å². The van der Waals surface area contributed by atoms with Crippen molar-refractivity contribution in [3.8, 4) is 11.4 Å². The fraction of sp³-hybridized carbons (Fsp3) is 0.400. The number of benzene rings is 1. The summed E-state index contributed by atoms with van der Waals surface area (Å²) in [6, 6.07) is 7.41. The summed E-state index contributed by atoms with van der Waals surface area (Å²) in [5.74, 6) is 1.76. The Labute approximate surface area is 135 Å². The van der Waals surface area contributed by atoms with Gasteiger partial charge >= 0.3 is 0 Å². The molecule has 6 nitrogen and oxygen atoms in total. The smallest absolute Gasteiger partial charge is 0.238 e. The number of nitrogens with one attached hydrogen (secondary N) is 2. The first kappa shape index (κ1) is 16.5. The fourth-order valence-corrected chi connectivity index (χ4v) is 2.07. The van der Waals surface area contributed by atoms with Gasteiger partial charge in [-0.2, -0.15) is 4.98 Å². The number of hydrogen-bond acceptors (Lipinski definition) is 5. The van der Waals surface area contributed by atoms with Gasteiger partial charge in [0.25, 0.3) is 0 Å². The molecule has 0 aliphatic heterocycles. The van der Waals surface area contributed by atoms with Gasteiger partial charge in [0, 0.05) is 18.2 Å². The van der Waals surface area contributed by atoms with E-state index in [1.165, 1.54) is 12.8 Å². The maximum Gasteiger partial charge on any atom is 0.238 e. The van der Waals surface area contributed by atoms with Gasteiger partial charge in [0.2, 0.25) is 17.6 Å². The van der Waals surface area contributed by atoms with Crippen LogP contribution in [0.4, 0.5) is 5.69 Å². The van der Waals surface area contributed by atoms with E-state index in [-0.39, 0.29) is 18.3 Å². The topological polar surface area (TPSA) is 80.0 Å². The number of anilines is 1. The Bertz CT molecular complexity index is 640. The molecule has 0 bridgehead atoms. The van der Waals surface area contributed by atoms with Crippen LogP contribution in [0.5, 0.6) is 0 Å². The van der Waals surface area contributed by atoms with Crippen molar-refractivity contribution in [2.24, 2.45) is 5.92 Å². The zero-order valence-corrected chi connectivity index (χ0v) is 13.2. The van der Waals surface area contributed by atoms with Crippen LogP contribution >= 0.6 is 12.4 Å². The number of rotatable bonds is 6. The summed E-state index contributed by atoms with van der Waals surface area (Å²) in [5, 5.41) is 9.90. The third-order valence-electron chi connectivity index (χ3n) is 3.35. The molecule has 0 radical (unpaired) electrons. The molecule has 1 aromatic heterocycles. The number of halogens is 1. The average molecular weight is 323 g/mol. The Morgan fingerprint density at radius 2 is 2.23 bits per heavy atom. The van der Waals surface area contributed by atoms with E-state index in [9.17, 15) is 4.79 Å². The van der Waals surface area contributed by atoms with Crippen LogP contribution in [0.15, 0.2) is 28.8 Å². The van der Waals surface area contributed by atoms with E-state index in [0.29, 0.717) is 18.3 Å². The predicted octanol–water partition coefficient (Wildman–Crippen LogP) is 2.40. The van der Waals surface area contributed by atoms with Crippen molar-refractivity contribution in [3.63, 3.8) is 0 Å². The van der Waals surface area contributed by atoms with Crippen LogP contribution in [0.2, 0.25) is 0 Å². The molecule has 1 aromatic carbocycles. The summed E-state index contributed by atoms with van der Waals surface area (Å²) >= 11 is 0. The van der Waals surface area contributed by atoms with Crippen LogP contribution in [0.3, 0.4) is 0 Å². The lowest BCUT2D eigenvalue weighted by Crippen LogP contribution is -2.29. The molecule has 0 spiro atoms. The zero-order valence-electron chi connectivity index (χ0n) is 12.3. The molecule has 1 saturated carbocycles. The summed E-state index contributed by atoms with van der Waals surface area (Å²) in [6.45, 7) is 3.01. The lowest BCUT2D eigenvalue weighted by molar-refractivity contribution is -0.115. The van der Waals surface area contributed by atoms with Gasteiger partial charge in [-0.3, -0.25) is 4.79 Å². The van der Waals surface area contributed by atoms with Crippen LogP contribution in [-0.4, -0.2) is 29.1 Å². The number of aromatic nitrogens is 2. The highest BCUT2D eigenvalue weighted by Crippen LogP contribution is 2.27. The maximum absolute atomic E-state index is 11.8. The highest BCUT2D eigenvalue weighted by molar-refractivity contribution is 5.92. The van der Waals surface area contributed by atoms with E-state index in [2.05, 4.69) is 20.8 Å². The quantitative estimate of drug-likeness (QED) is 0.853. The second kappa shape index (κ2) is 7.38. The minimum Gasteiger partial charge on any atom is -0.339 e. The first-order chi connectivity index (χ1) is 10.2. The summed E-state index contributed by atoms with van der Waals surface area (Å²) in [6.07, 6.45) is 2.56. The summed E-state index contributed by atoms with van der Waals surface area (Å²) in [7, 11) is 0. The Morgan fingerprint density at radius 3 is 2.91 bits per heavy atom. The molecule has 1 heterocycles. The van der Waals surface area contributed by atoms with Crippen molar-refractivity contribution in [2.75, 3.05) is 18.4 Å². The molecule has 1 aliphatic carbocycles. The molecule has 7 heteroatoms.